The minimum Gasteiger partial charge on any atom is -0.355 e. The van der Waals surface area contributed by atoms with Crippen LogP contribution in [0.5, 0.6) is 0 Å². The Labute approximate surface area is 165 Å². The van der Waals surface area contributed by atoms with Gasteiger partial charge in [-0.05, 0) is 0 Å². The van der Waals surface area contributed by atoms with Crippen LogP contribution in [0.2, 0.25) is 0 Å². The molecule has 0 saturated carbocycles. The zero-order chi connectivity index (χ0) is 27.7. The first-order chi connectivity index (χ1) is 13.7. The largest absolute Gasteiger partial charge is 0.460 e. The number of hydrogen-bond acceptors (Lipinski definition) is 2. The third-order valence-electron chi connectivity index (χ3n) is 3.70. The van der Waals surface area contributed by atoms with Crippen LogP contribution in [0, 0.1) is 0 Å². The van der Waals surface area contributed by atoms with Crippen molar-refractivity contribution >= 4 is 0 Å². The molecule has 0 aliphatic rings. The van der Waals surface area contributed by atoms with Crippen molar-refractivity contribution in [1.29, 1.82) is 0 Å². The number of halogens is 20. The highest BCUT2D eigenvalue weighted by atomic mass is 19.4. The molecule has 0 radical (unpaired) electrons. The van der Waals surface area contributed by atoms with Crippen LogP contribution in [0.4, 0.5) is 87.8 Å². The number of alkyl halides is 20. The van der Waals surface area contributed by atoms with Crippen LogP contribution in [0.15, 0.2) is 0 Å². The predicted molar refractivity (Wildman–Crippen MR) is 58.5 cm³/mol. The van der Waals surface area contributed by atoms with E-state index in [1.807, 2.05) is 0 Å². The van der Waals surface area contributed by atoms with Crippen molar-refractivity contribution < 1.29 is 98.0 Å². The van der Waals surface area contributed by atoms with E-state index in [-0.39, 0.29) is 0 Å². The standard InChI is InChI=1S/C11H4F20O2/c12-2(13,1-3(14,32)11(30,31)33)4(15,16)5(17,18)6(19,20)7(21,22)8(23,24)9(25,26)10(27,28)29/h32-33H,1H2. The molecule has 0 spiro atoms. The topological polar surface area (TPSA) is 40.5 Å². The number of hydrogen-bond donors (Lipinski definition) is 2. The lowest BCUT2D eigenvalue weighted by Gasteiger charge is -2.43. The highest BCUT2D eigenvalue weighted by Gasteiger charge is 2.95. The minimum atomic E-state index is -8.98. The van der Waals surface area contributed by atoms with Gasteiger partial charge in [-0.1, -0.05) is 0 Å². The smallest absolute Gasteiger partial charge is 0.355 e. The fourth-order valence-corrected chi connectivity index (χ4v) is 1.71. The molecule has 22 heteroatoms. The van der Waals surface area contributed by atoms with Crippen LogP contribution in [-0.4, -0.2) is 69.8 Å². The molecule has 200 valence electrons. The monoisotopic (exact) mass is 548 g/mol. The fourth-order valence-electron chi connectivity index (χ4n) is 1.71. The summed E-state index contributed by atoms with van der Waals surface area (Å²) in [5, 5.41) is 15.8. The molecule has 0 bridgehead atoms. The number of aliphatic hydroxyl groups is 2. The molecule has 0 aliphatic heterocycles. The molecule has 2 N–H and O–H groups in total. The van der Waals surface area contributed by atoms with Gasteiger partial charge in [0.2, 0.25) is 0 Å². The average molecular weight is 548 g/mol. The second kappa shape index (κ2) is 7.51. The van der Waals surface area contributed by atoms with Gasteiger partial charge < -0.3 is 10.2 Å². The summed E-state index contributed by atoms with van der Waals surface area (Å²) in [4.78, 5) is 0. The summed E-state index contributed by atoms with van der Waals surface area (Å²) in [6, 6.07) is 0. The molecule has 0 aromatic rings. The van der Waals surface area contributed by atoms with Gasteiger partial charge in [-0.15, -0.1) is 0 Å². The Morgan fingerprint density at radius 2 is 0.606 bits per heavy atom. The summed E-state index contributed by atoms with van der Waals surface area (Å²) in [5.41, 5.74) is 0. The zero-order valence-electron chi connectivity index (χ0n) is 14.2. The lowest BCUT2D eigenvalue weighted by Crippen LogP contribution is -2.74. The molecular weight excluding hydrogens is 544 g/mol. The first-order valence-electron chi connectivity index (χ1n) is 6.93. The molecule has 0 fully saturated rings. The summed E-state index contributed by atoms with van der Waals surface area (Å²) < 4.78 is 256. The normalized spacial score (nSPS) is 18.4. The van der Waals surface area contributed by atoms with Crippen molar-refractivity contribution in [2.45, 2.75) is 66.0 Å². The van der Waals surface area contributed by atoms with E-state index in [1.54, 1.807) is 0 Å². The van der Waals surface area contributed by atoms with Gasteiger partial charge in [-0.25, -0.2) is 4.39 Å². The van der Waals surface area contributed by atoms with Crippen molar-refractivity contribution in [1.82, 2.24) is 0 Å². The Balaban J connectivity index is 6.77. The molecule has 1 atom stereocenters. The molecular formula is C11H4F20O2. The Morgan fingerprint density at radius 3 is 0.848 bits per heavy atom. The summed E-state index contributed by atoms with van der Waals surface area (Å²) in [5.74, 6) is -66.5. The second-order valence-electron chi connectivity index (χ2n) is 6.13. The molecule has 0 saturated heterocycles. The molecule has 0 amide bonds. The van der Waals surface area contributed by atoms with Crippen LogP contribution in [0.1, 0.15) is 6.42 Å². The van der Waals surface area contributed by atoms with E-state index in [0.29, 0.717) is 0 Å². The molecule has 2 nitrogen and oxygen atoms in total. The molecule has 0 aromatic carbocycles. The quantitative estimate of drug-likeness (QED) is 0.367. The van der Waals surface area contributed by atoms with Crippen molar-refractivity contribution in [3.8, 4) is 0 Å². The molecule has 0 aliphatic carbocycles. The molecule has 0 aromatic heterocycles. The Kier molecular flexibility index (Phi) is 7.17. The maximum atomic E-state index is 13.3. The summed E-state index contributed by atoms with van der Waals surface area (Å²) in [7, 11) is 0. The zero-order valence-corrected chi connectivity index (χ0v) is 14.2. The average Bonchev–Trinajstić information content (AvgIpc) is 2.50. The first-order valence-corrected chi connectivity index (χ1v) is 6.93. The molecule has 33 heavy (non-hydrogen) atoms. The van der Waals surface area contributed by atoms with Gasteiger partial charge in [0.15, 0.2) is 0 Å². The number of rotatable bonds is 9. The maximum absolute atomic E-state index is 13.3. The van der Waals surface area contributed by atoms with E-state index in [2.05, 4.69) is 0 Å². The van der Waals surface area contributed by atoms with E-state index >= 15 is 0 Å². The Hall–Kier alpha value is -1.48. The van der Waals surface area contributed by atoms with Crippen LogP contribution in [0.3, 0.4) is 0 Å². The van der Waals surface area contributed by atoms with E-state index in [4.69, 9.17) is 10.2 Å². The molecule has 1 unspecified atom stereocenters. The van der Waals surface area contributed by atoms with Gasteiger partial charge in [0.1, 0.15) is 0 Å². The third-order valence-corrected chi connectivity index (χ3v) is 3.70. The third kappa shape index (κ3) is 4.24. The lowest BCUT2D eigenvalue weighted by atomic mass is 9.87. The van der Waals surface area contributed by atoms with Crippen LogP contribution >= 0.6 is 0 Å². The van der Waals surface area contributed by atoms with Crippen molar-refractivity contribution in [2.24, 2.45) is 0 Å². The minimum absolute atomic E-state index is 4.55. The summed E-state index contributed by atoms with van der Waals surface area (Å²) in [6.45, 7) is 0. The van der Waals surface area contributed by atoms with Gasteiger partial charge in [0, 0.05) is 0 Å². The predicted octanol–water partition coefficient (Wildman–Crippen LogP) is 5.63. The second-order valence-corrected chi connectivity index (χ2v) is 6.13. The van der Waals surface area contributed by atoms with Gasteiger partial charge >= 0.3 is 59.6 Å². The summed E-state index contributed by atoms with van der Waals surface area (Å²) >= 11 is 0. The van der Waals surface area contributed by atoms with E-state index in [9.17, 15) is 87.8 Å². The highest BCUT2D eigenvalue weighted by Crippen LogP contribution is 2.64. The van der Waals surface area contributed by atoms with Crippen LogP contribution in [0.25, 0.3) is 0 Å². The lowest BCUT2D eigenvalue weighted by molar-refractivity contribution is -0.465. The highest BCUT2D eigenvalue weighted by molar-refractivity contribution is 5.15. The van der Waals surface area contributed by atoms with E-state index in [1.165, 1.54) is 0 Å². The Morgan fingerprint density at radius 1 is 0.364 bits per heavy atom. The molecule has 0 heterocycles. The van der Waals surface area contributed by atoms with E-state index < -0.39 is 66.0 Å². The van der Waals surface area contributed by atoms with Crippen LogP contribution in [-0.2, 0) is 0 Å². The van der Waals surface area contributed by atoms with Crippen molar-refractivity contribution in [2.75, 3.05) is 0 Å². The maximum Gasteiger partial charge on any atom is 0.460 e. The Bertz CT molecular complexity index is 713. The van der Waals surface area contributed by atoms with E-state index in [0.717, 1.165) is 0 Å². The van der Waals surface area contributed by atoms with Gasteiger partial charge in [-0.2, -0.15) is 83.4 Å². The van der Waals surface area contributed by atoms with Crippen molar-refractivity contribution in [3.63, 3.8) is 0 Å². The van der Waals surface area contributed by atoms with Crippen molar-refractivity contribution in [3.05, 3.63) is 0 Å². The summed E-state index contributed by atoms with van der Waals surface area (Å²) in [6.07, 6.45) is -19.1. The fraction of sp³-hybridized carbons (Fsp3) is 1.00. The van der Waals surface area contributed by atoms with Gasteiger partial charge in [-0.3, -0.25) is 0 Å². The van der Waals surface area contributed by atoms with Gasteiger partial charge in [0.05, 0.1) is 6.42 Å². The first kappa shape index (κ1) is 31.5. The van der Waals surface area contributed by atoms with Gasteiger partial charge in [0.25, 0.3) is 0 Å². The SMILES string of the molecule is OC(F)(F)C(O)(F)CC(F)(F)C(F)(F)C(F)(F)C(F)(F)C(F)(F)C(F)(F)C(F)(F)C(F)(F)F. The van der Waals surface area contributed by atoms with Crippen LogP contribution < -0.4 is 0 Å². The molecule has 0 rings (SSSR count).